The molecule has 1 aliphatic rings. The molecule has 0 unspecified atom stereocenters. The van der Waals surface area contributed by atoms with E-state index >= 15 is 0 Å². The van der Waals surface area contributed by atoms with Crippen LogP contribution in [0.3, 0.4) is 0 Å². The average Bonchev–Trinajstić information content (AvgIpc) is 2.56. The van der Waals surface area contributed by atoms with Gasteiger partial charge in [-0.05, 0) is 48.3 Å². The van der Waals surface area contributed by atoms with Crippen molar-refractivity contribution in [3.8, 4) is 0 Å². The van der Waals surface area contributed by atoms with Crippen LogP contribution in [0.1, 0.15) is 18.4 Å². The van der Waals surface area contributed by atoms with Crippen molar-refractivity contribution in [1.82, 2.24) is 4.90 Å². The van der Waals surface area contributed by atoms with Crippen molar-refractivity contribution < 1.29 is 23.1 Å². The first-order valence-electron chi connectivity index (χ1n) is 8.01. The Morgan fingerprint density at radius 1 is 1.12 bits per heavy atom. The Hall–Kier alpha value is -2.12. The maximum absolute atomic E-state index is 10.6. The van der Waals surface area contributed by atoms with Gasteiger partial charge in [0.2, 0.25) is 0 Å². The van der Waals surface area contributed by atoms with E-state index in [1.165, 1.54) is 16.3 Å². The minimum atomic E-state index is -5.08. The SMILES string of the molecule is NC1CCN(Cc2ccc3ccccc3c2)CC1.O=C(O)C(F)(F)F. The predicted molar refractivity (Wildman–Crippen MR) is 90.1 cm³/mol. The monoisotopic (exact) mass is 354 g/mol. The van der Waals surface area contributed by atoms with Gasteiger partial charge in [-0.25, -0.2) is 4.79 Å². The molecular formula is C18H21F3N2O2. The molecule has 3 rings (SSSR count). The van der Waals surface area contributed by atoms with Crippen LogP contribution in [0.25, 0.3) is 10.8 Å². The maximum Gasteiger partial charge on any atom is 0.490 e. The topological polar surface area (TPSA) is 66.6 Å². The molecule has 0 spiro atoms. The van der Waals surface area contributed by atoms with E-state index in [1.807, 2.05) is 0 Å². The molecule has 136 valence electrons. The normalized spacial score (nSPS) is 16.3. The fourth-order valence-corrected chi connectivity index (χ4v) is 2.71. The smallest absolute Gasteiger partial charge is 0.475 e. The number of fused-ring (bicyclic) bond motifs is 1. The van der Waals surface area contributed by atoms with E-state index in [0.717, 1.165) is 32.5 Å². The lowest BCUT2D eigenvalue weighted by molar-refractivity contribution is -0.192. The molecule has 0 atom stereocenters. The van der Waals surface area contributed by atoms with E-state index in [4.69, 9.17) is 15.6 Å². The molecule has 0 amide bonds. The molecule has 1 heterocycles. The van der Waals surface area contributed by atoms with Gasteiger partial charge in [0.15, 0.2) is 0 Å². The van der Waals surface area contributed by atoms with Crippen molar-refractivity contribution in [2.75, 3.05) is 13.1 Å². The fourth-order valence-electron chi connectivity index (χ4n) is 2.71. The molecule has 0 saturated carbocycles. The summed E-state index contributed by atoms with van der Waals surface area (Å²) in [5.41, 5.74) is 7.34. The van der Waals surface area contributed by atoms with E-state index in [9.17, 15) is 13.2 Å². The lowest BCUT2D eigenvalue weighted by Crippen LogP contribution is -2.39. The Labute approximate surface area is 144 Å². The number of aliphatic carboxylic acids is 1. The quantitative estimate of drug-likeness (QED) is 0.868. The number of likely N-dealkylation sites (tertiary alicyclic amines) is 1. The van der Waals surface area contributed by atoms with Crippen molar-refractivity contribution >= 4 is 16.7 Å². The first-order chi connectivity index (χ1) is 11.8. The van der Waals surface area contributed by atoms with Gasteiger partial charge in [-0.1, -0.05) is 36.4 Å². The third kappa shape index (κ3) is 6.03. The molecule has 1 aliphatic heterocycles. The summed E-state index contributed by atoms with van der Waals surface area (Å²) in [5.74, 6) is -2.76. The molecule has 0 aromatic heterocycles. The average molecular weight is 354 g/mol. The van der Waals surface area contributed by atoms with E-state index in [2.05, 4.69) is 47.4 Å². The summed E-state index contributed by atoms with van der Waals surface area (Å²) in [5, 5.41) is 9.78. The third-order valence-corrected chi connectivity index (χ3v) is 4.09. The number of piperidine rings is 1. The predicted octanol–water partition coefficient (Wildman–Crippen LogP) is 3.40. The standard InChI is InChI=1S/C16H20N2.C2HF3O2/c17-16-7-9-18(10-8-16)12-13-5-6-14-3-1-2-4-15(14)11-13;3-2(4,5)1(6)7/h1-6,11,16H,7-10,12,17H2;(H,6,7). The van der Waals surface area contributed by atoms with Crippen molar-refractivity contribution in [2.24, 2.45) is 5.73 Å². The number of nitrogens with two attached hydrogens (primary N) is 1. The lowest BCUT2D eigenvalue weighted by atomic mass is 10.0. The first-order valence-corrected chi connectivity index (χ1v) is 8.01. The second-order valence-electron chi connectivity index (χ2n) is 6.10. The third-order valence-electron chi connectivity index (χ3n) is 4.09. The van der Waals surface area contributed by atoms with Gasteiger partial charge >= 0.3 is 12.1 Å². The molecule has 7 heteroatoms. The van der Waals surface area contributed by atoms with Crippen LogP contribution in [-0.2, 0) is 11.3 Å². The number of carboxylic acids is 1. The van der Waals surface area contributed by atoms with E-state index in [0.29, 0.717) is 6.04 Å². The summed E-state index contributed by atoms with van der Waals surface area (Å²) < 4.78 is 31.7. The maximum atomic E-state index is 10.6. The molecule has 0 aliphatic carbocycles. The van der Waals surface area contributed by atoms with Crippen molar-refractivity contribution in [2.45, 2.75) is 31.6 Å². The summed E-state index contributed by atoms with van der Waals surface area (Å²) in [6, 6.07) is 15.7. The first kappa shape index (κ1) is 19.2. The Bertz CT molecular complexity index is 711. The largest absolute Gasteiger partial charge is 0.490 e. The second kappa shape index (κ2) is 8.31. The molecule has 0 radical (unpaired) electrons. The molecule has 4 nitrogen and oxygen atoms in total. The zero-order chi connectivity index (χ0) is 18.4. The second-order valence-corrected chi connectivity index (χ2v) is 6.10. The highest BCUT2D eigenvalue weighted by atomic mass is 19.4. The summed E-state index contributed by atoms with van der Waals surface area (Å²) in [6.45, 7) is 3.32. The van der Waals surface area contributed by atoms with E-state index in [-0.39, 0.29) is 0 Å². The van der Waals surface area contributed by atoms with Crippen molar-refractivity contribution in [3.63, 3.8) is 0 Å². The van der Waals surface area contributed by atoms with Gasteiger partial charge in [-0.3, -0.25) is 4.90 Å². The molecule has 1 fully saturated rings. The van der Waals surface area contributed by atoms with Gasteiger partial charge in [0.1, 0.15) is 0 Å². The Morgan fingerprint density at radius 2 is 1.68 bits per heavy atom. The van der Waals surface area contributed by atoms with Crippen LogP contribution in [0.4, 0.5) is 13.2 Å². The van der Waals surface area contributed by atoms with E-state index < -0.39 is 12.1 Å². The molecule has 1 saturated heterocycles. The zero-order valence-electron chi connectivity index (χ0n) is 13.7. The number of hydrogen-bond donors (Lipinski definition) is 2. The molecular weight excluding hydrogens is 333 g/mol. The number of carbonyl (C=O) groups is 1. The Balaban J connectivity index is 0.000000277. The van der Waals surface area contributed by atoms with Crippen LogP contribution < -0.4 is 5.73 Å². The summed E-state index contributed by atoms with van der Waals surface area (Å²) >= 11 is 0. The summed E-state index contributed by atoms with van der Waals surface area (Å²) in [7, 11) is 0. The van der Waals surface area contributed by atoms with Gasteiger partial charge in [0.05, 0.1) is 0 Å². The van der Waals surface area contributed by atoms with Gasteiger partial charge < -0.3 is 10.8 Å². The van der Waals surface area contributed by atoms with Crippen LogP contribution in [0.2, 0.25) is 0 Å². The summed E-state index contributed by atoms with van der Waals surface area (Å²) in [6.07, 6.45) is -2.82. The molecule has 2 aromatic rings. The number of carboxylic acid groups (broad SMARTS) is 1. The van der Waals surface area contributed by atoms with Crippen LogP contribution in [0.15, 0.2) is 42.5 Å². The number of benzene rings is 2. The highest BCUT2D eigenvalue weighted by molar-refractivity contribution is 5.82. The van der Waals surface area contributed by atoms with Gasteiger partial charge in [0, 0.05) is 12.6 Å². The van der Waals surface area contributed by atoms with Crippen molar-refractivity contribution in [3.05, 3.63) is 48.0 Å². The fraction of sp³-hybridized carbons (Fsp3) is 0.389. The number of rotatable bonds is 2. The number of hydrogen-bond acceptors (Lipinski definition) is 3. The van der Waals surface area contributed by atoms with Gasteiger partial charge in [-0.15, -0.1) is 0 Å². The van der Waals surface area contributed by atoms with E-state index in [1.54, 1.807) is 0 Å². The highest BCUT2D eigenvalue weighted by Crippen LogP contribution is 2.18. The lowest BCUT2D eigenvalue weighted by Gasteiger charge is -2.30. The van der Waals surface area contributed by atoms with Crippen LogP contribution in [0.5, 0.6) is 0 Å². The van der Waals surface area contributed by atoms with Crippen LogP contribution in [0, 0.1) is 0 Å². The summed E-state index contributed by atoms with van der Waals surface area (Å²) in [4.78, 5) is 11.4. The molecule has 25 heavy (non-hydrogen) atoms. The minimum Gasteiger partial charge on any atom is -0.475 e. The van der Waals surface area contributed by atoms with Gasteiger partial charge in [0.25, 0.3) is 0 Å². The number of nitrogens with zero attached hydrogens (tertiary/aromatic N) is 1. The number of alkyl halides is 3. The van der Waals surface area contributed by atoms with Crippen molar-refractivity contribution in [1.29, 1.82) is 0 Å². The molecule has 2 aromatic carbocycles. The van der Waals surface area contributed by atoms with Crippen LogP contribution >= 0.6 is 0 Å². The molecule has 0 bridgehead atoms. The Kier molecular flexibility index (Phi) is 6.39. The van der Waals surface area contributed by atoms with Crippen LogP contribution in [-0.4, -0.2) is 41.3 Å². The minimum absolute atomic E-state index is 0.415. The highest BCUT2D eigenvalue weighted by Gasteiger charge is 2.38. The Morgan fingerprint density at radius 3 is 2.24 bits per heavy atom. The number of halogens is 3. The molecule has 3 N–H and O–H groups in total. The van der Waals surface area contributed by atoms with Gasteiger partial charge in [-0.2, -0.15) is 13.2 Å². The zero-order valence-corrected chi connectivity index (χ0v) is 13.7.